The monoisotopic (exact) mass is 499 g/mol. The van der Waals surface area contributed by atoms with Crippen LogP contribution in [0.15, 0.2) is 36.9 Å². The Labute approximate surface area is 177 Å². The first-order valence-corrected chi connectivity index (χ1v) is 10.1. The molecule has 1 aromatic carbocycles. The number of likely N-dealkylation sites (tertiary alicyclic amines) is 1. The zero-order valence-electron chi connectivity index (χ0n) is 15.7. The number of nitrogens with zero attached hydrogens (tertiary/aromatic N) is 1. The standard InChI is InChI=1S/C20H22INO6/c1-4-14-16(21)15-18(24)22(11-12-5-7-13(26-2)8-6-12)17(19(25)27-3)20(15,28-14)9-10-23/h4-8,10,14-17H,1,9,11H2,2-3H3/t14-,15+,16+,17-,20+/m0/s1. The van der Waals surface area contributed by atoms with E-state index < -0.39 is 29.6 Å². The number of fused-ring (bicyclic) bond motifs is 1. The molecule has 2 fully saturated rings. The molecule has 0 saturated carbocycles. The van der Waals surface area contributed by atoms with Gasteiger partial charge in [-0.2, -0.15) is 0 Å². The van der Waals surface area contributed by atoms with Crippen molar-refractivity contribution in [3.8, 4) is 5.75 Å². The highest BCUT2D eigenvalue weighted by molar-refractivity contribution is 14.1. The topological polar surface area (TPSA) is 82.1 Å². The van der Waals surface area contributed by atoms with Crippen molar-refractivity contribution in [1.29, 1.82) is 0 Å². The molecule has 150 valence electrons. The molecule has 2 aliphatic rings. The van der Waals surface area contributed by atoms with Crippen molar-refractivity contribution >= 4 is 40.8 Å². The average molecular weight is 499 g/mol. The summed E-state index contributed by atoms with van der Waals surface area (Å²) < 4.78 is 16.1. The van der Waals surface area contributed by atoms with Gasteiger partial charge in [-0.1, -0.05) is 40.8 Å². The van der Waals surface area contributed by atoms with E-state index in [9.17, 15) is 14.4 Å². The van der Waals surface area contributed by atoms with Crippen LogP contribution in [0.25, 0.3) is 0 Å². The predicted molar refractivity (Wildman–Crippen MR) is 109 cm³/mol. The van der Waals surface area contributed by atoms with Crippen molar-refractivity contribution in [1.82, 2.24) is 4.90 Å². The van der Waals surface area contributed by atoms with Crippen LogP contribution in [0, 0.1) is 5.92 Å². The first-order valence-electron chi connectivity index (χ1n) is 8.82. The lowest BCUT2D eigenvalue weighted by Crippen LogP contribution is -2.52. The molecular formula is C20H22INO6. The second-order valence-electron chi connectivity index (χ2n) is 6.81. The third kappa shape index (κ3) is 3.22. The molecule has 0 aliphatic carbocycles. The summed E-state index contributed by atoms with van der Waals surface area (Å²) in [6.45, 7) is 3.96. The number of ether oxygens (including phenoxy) is 3. The van der Waals surface area contributed by atoms with Crippen LogP contribution in [-0.4, -0.2) is 59.0 Å². The number of halogens is 1. The van der Waals surface area contributed by atoms with Crippen LogP contribution in [0.5, 0.6) is 5.75 Å². The number of aldehydes is 1. The Kier molecular flexibility index (Phi) is 6.09. The maximum atomic E-state index is 13.4. The highest BCUT2D eigenvalue weighted by atomic mass is 127. The quantitative estimate of drug-likeness (QED) is 0.188. The molecule has 28 heavy (non-hydrogen) atoms. The van der Waals surface area contributed by atoms with Gasteiger partial charge >= 0.3 is 5.97 Å². The minimum Gasteiger partial charge on any atom is -0.497 e. The number of hydrogen-bond acceptors (Lipinski definition) is 6. The number of esters is 1. The first-order chi connectivity index (χ1) is 13.4. The van der Waals surface area contributed by atoms with E-state index in [-0.39, 0.29) is 22.8 Å². The second kappa shape index (κ2) is 8.20. The van der Waals surface area contributed by atoms with Crippen LogP contribution >= 0.6 is 22.6 Å². The number of amides is 1. The smallest absolute Gasteiger partial charge is 0.331 e. The molecule has 2 heterocycles. The lowest BCUT2D eigenvalue weighted by Gasteiger charge is -2.34. The fraction of sp³-hybridized carbons (Fsp3) is 0.450. The van der Waals surface area contributed by atoms with Crippen molar-refractivity contribution < 1.29 is 28.6 Å². The van der Waals surface area contributed by atoms with Crippen LogP contribution < -0.4 is 4.74 Å². The molecule has 0 unspecified atom stereocenters. The Morgan fingerprint density at radius 3 is 2.57 bits per heavy atom. The molecule has 1 amide bonds. The van der Waals surface area contributed by atoms with E-state index in [1.165, 1.54) is 12.0 Å². The first kappa shape index (κ1) is 20.8. The number of alkyl halides is 1. The summed E-state index contributed by atoms with van der Waals surface area (Å²) in [5.41, 5.74) is -0.433. The van der Waals surface area contributed by atoms with Gasteiger partial charge in [-0.05, 0) is 17.7 Å². The summed E-state index contributed by atoms with van der Waals surface area (Å²) in [6, 6.07) is 6.23. The Balaban J connectivity index is 2.02. The maximum Gasteiger partial charge on any atom is 0.331 e. The molecule has 0 N–H and O–H groups in total. The van der Waals surface area contributed by atoms with Gasteiger partial charge in [-0.15, -0.1) is 6.58 Å². The predicted octanol–water partition coefficient (Wildman–Crippen LogP) is 1.91. The molecule has 3 rings (SSSR count). The molecule has 8 heteroatoms. The van der Waals surface area contributed by atoms with Crippen molar-refractivity contribution in [3.05, 3.63) is 42.5 Å². The Bertz CT molecular complexity index is 781. The number of rotatable bonds is 7. The van der Waals surface area contributed by atoms with Gasteiger partial charge in [0, 0.05) is 13.0 Å². The Morgan fingerprint density at radius 2 is 2.04 bits per heavy atom. The fourth-order valence-electron chi connectivity index (χ4n) is 4.13. The van der Waals surface area contributed by atoms with E-state index in [0.717, 1.165) is 5.56 Å². The normalized spacial score (nSPS) is 31.4. The van der Waals surface area contributed by atoms with Crippen molar-refractivity contribution in [2.45, 2.75) is 34.6 Å². The molecule has 5 atom stereocenters. The second-order valence-corrected chi connectivity index (χ2v) is 8.24. The average Bonchev–Trinajstić information content (AvgIpc) is 3.11. The number of methoxy groups -OCH3 is 2. The Morgan fingerprint density at radius 1 is 1.36 bits per heavy atom. The van der Waals surface area contributed by atoms with Gasteiger partial charge in [0.25, 0.3) is 0 Å². The fourth-order valence-corrected chi connectivity index (χ4v) is 5.49. The van der Waals surface area contributed by atoms with Crippen LogP contribution in [0.3, 0.4) is 0 Å². The van der Waals surface area contributed by atoms with Gasteiger partial charge in [-0.3, -0.25) is 4.79 Å². The molecular weight excluding hydrogens is 477 g/mol. The van der Waals surface area contributed by atoms with E-state index in [4.69, 9.17) is 14.2 Å². The van der Waals surface area contributed by atoms with Crippen molar-refractivity contribution in [3.63, 3.8) is 0 Å². The molecule has 7 nitrogen and oxygen atoms in total. The van der Waals surface area contributed by atoms with Crippen molar-refractivity contribution in [2.24, 2.45) is 5.92 Å². The van der Waals surface area contributed by atoms with E-state index in [1.54, 1.807) is 25.3 Å². The summed E-state index contributed by atoms with van der Waals surface area (Å²) >= 11 is 2.14. The molecule has 0 aromatic heterocycles. The van der Waals surface area contributed by atoms with Crippen LogP contribution in [-0.2, 0) is 30.4 Å². The molecule has 0 spiro atoms. The zero-order valence-corrected chi connectivity index (χ0v) is 17.8. The van der Waals surface area contributed by atoms with Gasteiger partial charge in [0.05, 0.1) is 30.2 Å². The third-order valence-corrected chi connectivity index (χ3v) is 6.84. The molecule has 2 saturated heterocycles. The Hall–Kier alpha value is -1.94. The van der Waals surface area contributed by atoms with Gasteiger partial charge in [0.15, 0.2) is 6.04 Å². The summed E-state index contributed by atoms with van der Waals surface area (Å²) in [5.74, 6) is -0.764. The van der Waals surface area contributed by atoms with Gasteiger partial charge < -0.3 is 23.9 Å². The summed E-state index contributed by atoms with van der Waals surface area (Å²) in [4.78, 5) is 39.0. The van der Waals surface area contributed by atoms with Crippen LogP contribution in [0.1, 0.15) is 12.0 Å². The summed E-state index contributed by atoms with van der Waals surface area (Å²) in [5, 5.41) is 0. The minimum atomic E-state index is -1.26. The number of carbonyl (C=O) groups is 3. The van der Waals surface area contributed by atoms with E-state index in [2.05, 4.69) is 29.2 Å². The van der Waals surface area contributed by atoms with Crippen LogP contribution in [0.2, 0.25) is 0 Å². The number of carbonyl (C=O) groups excluding carboxylic acids is 3. The highest BCUT2D eigenvalue weighted by Gasteiger charge is 2.69. The molecule has 0 radical (unpaired) electrons. The SMILES string of the molecule is C=C[C@@H]1O[C@@]2(CC=O)[C@H](C(=O)OC)N(Cc3ccc(OC)cc3)C(=O)[C@H]2[C@@H]1I. The number of hydrogen-bond donors (Lipinski definition) is 0. The van der Waals surface area contributed by atoms with Crippen molar-refractivity contribution in [2.75, 3.05) is 14.2 Å². The van der Waals surface area contributed by atoms with E-state index >= 15 is 0 Å². The maximum absolute atomic E-state index is 13.4. The van der Waals surface area contributed by atoms with Gasteiger partial charge in [-0.25, -0.2) is 4.79 Å². The minimum absolute atomic E-state index is 0.0773. The van der Waals surface area contributed by atoms with Crippen LogP contribution in [0.4, 0.5) is 0 Å². The summed E-state index contributed by atoms with van der Waals surface area (Å²) in [6.07, 6.45) is 1.80. The van der Waals surface area contributed by atoms with Gasteiger partial charge in [0.2, 0.25) is 5.91 Å². The lowest BCUT2D eigenvalue weighted by atomic mass is 9.82. The highest BCUT2D eigenvalue weighted by Crippen LogP contribution is 2.52. The number of benzene rings is 1. The van der Waals surface area contributed by atoms with Gasteiger partial charge in [0.1, 0.15) is 17.6 Å². The third-order valence-electron chi connectivity index (χ3n) is 5.41. The largest absolute Gasteiger partial charge is 0.497 e. The lowest BCUT2D eigenvalue weighted by molar-refractivity contribution is -0.160. The zero-order chi connectivity index (χ0) is 20.5. The van der Waals surface area contributed by atoms with E-state index in [1.807, 2.05) is 12.1 Å². The molecule has 1 aromatic rings. The van der Waals surface area contributed by atoms with E-state index in [0.29, 0.717) is 12.0 Å². The molecule has 2 aliphatic heterocycles. The molecule has 0 bridgehead atoms. The summed E-state index contributed by atoms with van der Waals surface area (Å²) in [7, 11) is 2.84.